The molecule has 10 rings (SSSR count). The van der Waals surface area contributed by atoms with Crippen molar-refractivity contribution in [2.45, 2.75) is 46.5 Å². The van der Waals surface area contributed by atoms with E-state index in [4.69, 9.17) is 4.98 Å². The number of anilines is 5. The zero-order chi connectivity index (χ0) is 47.5. The number of aromatic nitrogens is 4. The van der Waals surface area contributed by atoms with Crippen molar-refractivity contribution in [1.82, 2.24) is 19.9 Å². The van der Waals surface area contributed by atoms with Gasteiger partial charge in [-0.25, -0.2) is 15.0 Å². The third-order valence-corrected chi connectivity index (χ3v) is 11.1. The molecule has 2 aliphatic rings. The minimum atomic E-state index is 0.724. The summed E-state index contributed by atoms with van der Waals surface area (Å²) >= 11 is 0. The second-order valence-corrected chi connectivity index (χ2v) is 16.0. The van der Waals surface area contributed by atoms with Gasteiger partial charge in [-0.15, -0.1) is 19.7 Å². The molecule has 0 amide bonds. The number of para-hydroxylation sites is 3. The molecule has 0 saturated heterocycles. The minimum Gasteiger partial charge on any atom is -0.355 e. The molecule has 1 N–H and O–H groups in total. The molecular formula is C62H60N6. The Morgan fingerprint density at radius 2 is 1.15 bits per heavy atom. The number of aromatic amines is 1. The molecule has 0 saturated carbocycles. The number of hydrogen-bond donors (Lipinski definition) is 1. The highest BCUT2D eigenvalue weighted by Crippen LogP contribution is 2.40. The Kier molecular flexibility index (Phi) is 17.0. The van der Waals surface area contributed by atoms with Crippen molar-refractivity contribution in [1.29, 1.82) is 0 Å². The number of nitrogens with one attached hydrogen (secondary N) is 1. The lowest BCUT2D eigenvalue weighted by molar-refractivity contribution is 0.918. The van der Waals surface area contributed by atoms with E-state index in [2.05, 4.69) is 258 Å². The maximum absolute atomic E-state index is 4.70. The van der Waals surface area contributed by atoms with Crippen LogP contribution in [0.15, 0.2) is 244 Å². The maximum atomic E-state index is 4.70. The van der Waals surface area contributed by atoms with Crippen LogP contribution in [0.4, 0.5) is 28.4 Å². The van der Waals surface area contributed by atoms with Gasteiger partial charge in [0.05, 0.1) is 0 Å². The molecule has 0 atom stereocenters. The smallest absolute Gasteiger partial charge is 0.163 e. The van der Waals surface area contributed by atoms with Crippen LogP contribution in [0.25, 0.3) is 38.8 Å². The fraction of sp³-hybridized carbons (Fsp3) is 0.113. The molecule has 338 valence electrons. The summed E-state index contributed by atoms with van der Waals surface area (Å²) in [6.45, 7) is 15.3. The van der Waals surface area contributed by atoms with Gasteiger partial charge in [0.1, 0.15) is 5.82 Å². The van der Waals surface area contributed by atoms with Gasteiger partial charge >= 0.3 is 0 Å². The lowest BCUT2D eigenvalue weighted by Crippen LogP contribution is -2.14. The second kappa shape index (κ2) is 24.3. The van der Waals surface area contributed by atoms with Crippen LogP contribution >= 0.6 is 0 Å². The Labute approximate surface area is 402 Å². The zero-order valence-electron chi connectivity index (χ0n) is 39.5. The molecule has 0 spiro atoms. The monoisotopic (exact) mass is 888 g/mol. The summed E-state index contributed by atoms with van der Waals surface area (Å²) in [6.07, 6.45) is 27.1. The van der Waals surface area contributed by atoms with Crippen molar-refractivity contribution >= 4 is 55.8 Å². The molecule has 68 heavy (non-hydrogen) atoms. The Hall–Kier alpha value is -8.35. The van der Waals surface area contributed by atoms with E-state index in [0.29, 0.717) is 0 Å². The van der Waals surface area contributed by atoms with Gasteiger partial charge in [-0.1, -0.05) is 139 Å². The lowest BCUT2D eigenvalue weighted by atomic mass is 10.1. The van der Waals surface area contributed by atoms with Crippen molar-refractivity contribution < 1.29 is 0 Å². The minimum absolute atomic E-state index is 0.724. The van der Waals surface area contributed by atoms with Gasteiger partial charge in [-0.2, -0.15) is 0 Å². The number of H-pyrrole nitrogens is 1. The third-order valence-electron chi connectivity index (χ3n) is 11.1. The summed E-state index contributed by atoms with van der Waals surface area (Å²) in [4.78, 5) is 22.3. The first-order valence-corrected chi connectivity index (χ1v) is 23.2. The van der Waals surface area contributed by atoms with Crippen LogP contribution in [-0.4, -0.2) is 19.9 Å². The predicted molar refractivity (Wildman–Crippen MR) is 292 cm³/mol. The van der Waals surface area contributed by atoms with Crippen molar-refractivity contribution in [2.24, 2.45) is 0 Å². The van der Waals surface area contributed by atoms with E-state index in [0.717, 1.165) is 99.5 Å². The van der Waals surface area contributed by atoms with Gasteiger partial charge in [0.25, 0.3) is 0 Å². The van der Waals surface area contributed by atoms with Crippen LogP contribution in [0, 0.1) is 6.92 Å². The predicted octanol–water partition coefficient (Wildman–Crippen LogP) is 17.0. The van der Waals surface area contributed by atoms with E-state index in [-0.39, 0.29) is 0 Å². The SMILES string of the molecule is C/C=C\Cc1nc(C2=CCCC=C2)nc(-c2ccc(C)cc2)n1.C1=CCC=CC(N(c2ccccc2)c2ccc3[nH]c4ccc(N(c5ccccc5)c5ccccc5)cc4c3c2)=C1.C=C.C=CC. The first kappa shape index (κ1) is 47.6. The zero-order valence-corrected chi connectivity index (χ0v) is 39.5. The molecule has 6 nitrogen and oxygen atoms in total. The summed E-state index contributed by atoms with van der Waals surface area (Å²) in [5.41, 5.74) is 12.4. The molecule has 2 aliphatic carbocycles. The average Bonchev–Trinajstić information content (AvgIpc) is 3.54. The van der Waals surface area contributed by atoms with Crippen LogP contribution in [0.5, 0.6) is 0 Å². The average molecular weight is 889 g/mol. The van der Waals surface area contributed by atoms with Crippen LogP contribution in [0.3, 0.4) is 0 Å². The number of benzene rings is 6. The standard InChI is InChI=1S/C37H29N3.C20H21N3.C3H6.C2H4/c1-2-7-15-28(14-6-1)39(29-16-8-3-9-17-29)32-22-24-36-34(26-32)35-27-33(23-25-37(35)38-36)40(30-18-10-4-11-19-30)31-20-12-5-13-21-31;1-3-4-10-18-21-19(16-8-6-5-7-9-16)23-20(22-18)17-13-11-15(2)12-14-17;1-3-2;1-2/h1,3-27,38H,2H2;3-4,6,8-9,11-14H,5,7,10H2,1-2H3;3H,1H2,2H3;1-2H2/b;4-3-;;. The summed E-state index contributed by atoms with van der Waals surface area (Å²) in [5, 5.41) is 2.40. The second-order valence-electron chi connectivity index (χ2n) is 16.0. The van der Waals surface area contributed by atoms with Crippen molar-refractivity contribution in [3.8, 4) is 11.4 Å². The topological polar surface area (TPSA) is 60.9 Å². The number of fused-ring (bicyclic) bond motifs is 3. The molecule has 6 aromatic carbocycles. The Morgan fingerprint density at radius 3 is 1.71 bits per heavy atom. The molecule has 6 heteroatoms. The van der Waals surface area contributed by atoms with Crippen LogP contribution in [-0.2, 0) is 6.42 Å². The molecule has 2 aromatic heterocycles. The van der Waals surface area contributed by atoms with Crippen LogP contribution in [0.1, 0.15) is 50.3 Å². The van der Waals surface area contributed by atoms with Crippen molar-refractivity contribution in [2.75, 3.05) is 9.80 Å². The van der Waals surface area contributed by atoms with Gasteiger partial charge < -0.3 is 14.8 Å². The maximum Gasteiger partial charge on any atom is 0.163 e. The lowest BCUT2D eigenvalue weighted by Gasteiger charge is -2.26. The Balaban J connectivity index is 0.000000208. The molecule has 0 unspecified atom stereocenters. The number of rotatable bonds is 10. The first-order valence-electron chi connectivity index (χ1n) is 23.2. The van der Waals surface area contributed by atoms with Crippen molar-refractivity contribution in [3.05, 3.63) is 261 Å². The molecule has 0 aliphatic heterocycles. The van der Waals surface area contributed by atoms with Crippen LogP contribution in [0.2, 0.25) is 0 Å². The van der Waals surface area contributed by atoms with E-state index in [1.807, 2.05) is 19.9 Å². The first-order chi connectivity index (χ1) is 33.5. The number of aryl methyl sites for hydroxylation is 1. The Bertz CT molecular complexity index is 3040. The summed E-state index contributed by atoms with van der Waals surface area (Å²) in [6, 6.07) is 53.4. The Morgan fingerprint density at radius 1 is 0.588 bits per heavy atom. The quantitative estimate of drug-likeness (QED) is 0.139. The van der Waals surface area contributed by atoms with E-state index in [1.165, 1.54) is 16.3 Å². The van der Waals surface area contributed by atoms with Gasteiger partial charge in [0.2, 0.25) is 0 Å². The fourth-order valence-corrected chi connectivity index (χ4v) is 7.97. The molecule has 0 bridgehead atoms. The molecule has 2 heterocycles. The van der Waals surface area contributed by atoms with Gasteiger partial charge in [-0.05, 0) is 125 Å². The van der Waals surface area contributed by atoms with Gasteiger partial charge in [0, 0.05) is 73.5 Å². The normalized spacial score (nSPS) is 12.6. The number of allylic oxidation sites excluding steroid dienone is 12. The molecule has 8 aromatic rings. The number of hydrogen-bond acceptors (Lipinski definition) is 5. The highest BCUT2D eigenvalue weighted by Gasteiger charge is 2.18. The summed E-state index contributed by atoms with van der Waals surface area (Å²) in [7, 11) is 0. The number of nitrogens with zero attached hydrogens (tertiary/aromatic N) is 5. The van der Waals surface area contributed by atoms with E-state index < -0.39 is 0 Å². The summed E-state index contributed by atoms with van der Waals surface area (Å²) < 4.78 is 0. The molecule has 0 radical (unpaired) electrons. The van der Waals surface area contributed by atoms with E-state index >= 15 is 0 Å². The largest absolute Gasteiger partial charge is 0.355 e. The summed E-state index contributed by atoms with van der Waals surface area (Å²) in [5.74, 6) is 2.32. The molecular weight excluding hydrogens is 829 g/mol. The van der Waals surface area contributed by atoms with Crippen molar-refractivity contribution in [3.63, 3.8) is 0 Å². The fourth-order valence-electron chi connectivity index (χ4n) is 7.97. The highest BCUT2D eigenvalue weighted by atomic mass is 15.2. The van der Waals surface area contributed by atoms with E-state index in [9.17, 15) is 0 Å². The molecule has 0 fully saturated rings. The van der Waals surface area contributed by atoms with Gasteiger partial charge in [-0.3, -0.25) is 0 Å². The van der Waals surface area contributed by atoms with Crippen LogP contribution < -0.4 is 9.80 Å². The van der Waals surface area contributed by atoms with Gasteiger partial charge in [0.15, 0.2) is 11.6 Å². The third kappa shape index (κ3) is 11.9. The van der Waals surface area contributed by atoms with E-state index in [1.54, 1.807) is 6.08 Å². The highest BCUT2D eigenvalue weighted by molar-refractivity contribution is 6.10.